The third-order valence-electron chi connectivity index (χ3n) is 4.81. The number of nitrogens with zero attached hydrogens (tertiary/aromatic N) is 3. The minimum Gasteiger partial charge on any atom is -0.465 e. The Balaban J connectivity index is 1.94. The molecular formula is C26H23N3O3. The van der Waals surface area contributed by atoms with Gasteiger partial charge in [0.2, 0.25) is 0 Å². The molecule has 0 aliphatic heterocycles. The molecule has 0 radical (unpaired) electrons. The molecule has 4 rings (SSSR count). The zero-order valence-corrected chi connectivity index (χ0v) is 17.7. The minimum atomic E-state index is -0.546. The highest BCUT2D eigenvalue weighted by Crippen LogP contribution is 2.28. The summed E-state index contributed by atoms with van der Waals surface area (Å²) in [6.45, 7) is 3.84. The summed E-state index contributed by atoms with van der Waals surface area (Å²) in [6.07, 6.45) is 0. The quantitative estimate of drug-likeness (QED) is 0.378. The fourth-order valence-corrected chi connectivity index (χ4v) is 3.43. The van der Waals surface area contributed by atoms with E-state index in [4.69, 9.17) is 15.0 Å². The molecule has 0 bridgehead atoms. The van der Waals surface area contributed by atoms with Crippen LogP contribution < -0.4 is 4.74 Å². The van der Waals surface area contributed by atoms with Gasteiger partial charge >= 0.3 is 5.97 Å². The highest BCUT2D eigenvalue weighted by atomic mass is 16.5. The third-order valence-corrected chi connectivity index (χ3v) is 4.81. The normalized spacial score (nSPS) is 12.4. The monoisotopic (exact) mass is 429 g/mol. The van der Waals surface area contributed by atoms with Crippen molar-refractivity contribution in [2.45, 2.75) is 20.4 Å². The molecule has 3 aromatic carbocycles. The number of carbonyl (C=O) groups is 1. The summed E-state index contributed by atoms with van der Waals surface area (Å²) < 4.78 is 47.2. The lowest BCUT2D eigenvalue weighted by Crippen LogP contribution is -2.10. The van der Waals surface area contributed by atoms with Crippen LogP contribution in [-0.4, -0.2) is 28.7 Å². The highest BCUT2D eigenvalue weighted by molar-refractivity contribution is 6.02. The van der Waals surface area contributed by atoms with Gasteiger partial charge in [0.25, 0.3) is 6.01 Å². The summed E-state index contributed by atoms with van der Waals surface area (Å²) in [7, 11) is 0. The lowest BCUT2D eigenvalue weighted by atomic mass is 9.99. The lowest BCUT2D eigenvalue weighted by molar-refractivity contribution is 0.0528. The molecule has 0 aliphatic rings. The van der Waals surface area contributed by atoms with Crippen LogP contribution in [0, 0.1) is 11.3 Å². The molecule has 0 aliphatic carbocycles. The van der Waals surface area contributed by atoms with Crippen molar-refractivity contribution in [3.05, 3.63) is 83.3 Å². The maximum atomic E-state index is 12.7. The average molecular weight is 430 g/mol. The molecule has 32 heavy (non-hydrogen) atoms. The molecule has 160 valence electrons. The minimum absolute atomic E-state index is 0.0543. The molecule has 4 aromatic rings. The Kier molecular flexibility index (Phi) is 4.84. The second kappa shape index (κ2) is 9.36. The van der Waals surface area contributed by atoms with Crippen molar-refractivity contribution >= 4 is 17.0 Å². The van der Waals surface area contributed by atoms with Crippen LogP contribution in [0.15, 0.2) is 66.6 Å². The van der Waals surface area contributed by atoms with Crippen molar-refractivity contribution in [1.29, 1.82) is 5.26 Å². The molecule has 6 heteroatoms. The number of para-hydroxylation sites is 1. The number of carbonyl (C=O) groups excluding carboxylic acids is 1. The molecule has 0 spiro atoms. The van der Waals surface area contributed by atoms with Crippen LogP contribution in [0.1, 0.15) is 40.8 Å². The van der Waals surface area contributed by atoms with Gasteiger partial charge in [-0.25, -0.2) is 4.79 Å². The molecular weight excluding hydrogens is 402 g/mol. The Morgan fingerprint density at radius 3 is 2.59 bits per heavy atom. The molecule has 0 fully saturated rings. The van der Waals surface area contributed by atoms with E-state index in [-0.39, 0.29) is 72.2 Å². The number of rotatable bonds is 7. The Bertz CT molecular complexity index is 1500. The van der Waals surface area contributed by atoms with Gasteiger partial charge in [0, 0.05) is 0 Å². The van der Waals surface area contributed by atoms with E-state index in [1.165, 1.54) is 0 Å². The van der Waals surface area contributed by atoms with Gasteiger partial charge in [-0.2, -0.15) is 10.2 Å². The first-order chi connectivity index (χ1) is 17.3. The van der Waals surface area contributed by atoms with Crippen molar-refractivity contribution in [2.75, 3.05) is 13.2 Å². The van der Waals surface area contributed by atoms with Crippen molar-refractivity contribution in [2.24, 2.45) is 0 Å². The molecule has 0 saturated carbocycles. The number of aromatic nitrogens is 2. The number of hydrogen-bond acceptors (Lipinski definition) is 5. The van der Waals surface area contributed by atoms with Gasteiger partial charge in [-0.15, -0.1) is 0 Å². The van der Waals surface area contributed by atoms with Gasteiger partial charge in [0.05, 0.1) is 53.5 Å². The van der Waals surface area contributed by atoms with Gasteiger partial charge in [-0.1, -0.05) is 48.4 Å². The maximum absolute atomic E-state index is 12.7. The van der Waals surface area contributed by atoms with Crippen LogP contribution in [0.4, 0.5) is 0 Å². The first-order valence-corrected chi connectivity index (χ1v) is 10.2. The first-order valence-electron chi connectivity index (χ1n) is 12.2. The summed E-state index contributed by atoms with van der Waals surface area (Å²) in [4.78, 5) is 17.1. The van der Waals surface area contributed by atoms with Gasteiger partial charge in [0.1, 0.15) is 0 Å². The molecule has 1 heterocycles. The first kappa shape index (κ1) is 16.6. The number of fused-ring (bicyclic) bond motifs is 1. The Morgan fingerprint density at radius 1 is 1.09 bits per heavy atom. The molecule has 0 unspecified atom stereocenters. The predicted molar refractivity (Wildman–Crippen MR) is 123 cm³/mol. The Hall–Kier alpha value is -4.11. The van der Waals surface area contributed by atoms with Gasteiger partial charge in [0.15, 0.2) is 0 Å². The number of esters is 1. The number of nitriles is 1. The zero-order chi connectivity index (χ0) is 26.0. The second-order valence-corrected chi connectivity index (χ2v) is 6.82. The van der Waals surface area contributed by atoms with E-state index >= 15 is 0 Å². The molecule has 0 amide bonds. The van der Waals surface area contributed by atoms with Crippen LogP contribution in [0.2, 0.25) is 0 Å². The van der Waals surface area contributed by atoms with Gasteiger partial charge in [-0.3, -0.25) is 4.57 Å². The van der Waals surface area contributed by atoms with E-state index in [1.807, 2.05) is 6.07 Å². The fourth-order valence-electron chi connectivity index (χ4n) is 3.43. The standard InChI is InChI=1S/C26H23N3O3/c1-3-31-25(30)22-10-7-11-23-24(22)29(26(28-23)32-4-2)17-18-12-14-19(15-13-18)21-9-6-5-8-20(21)16-27/h5-15H,3-4,17H2,1-2H3/i12D,13D,14D,15D. The van der Waals surface area contributed by atoms with E-state index in [0.717, 1.165) is 0 Å². The van der Waals surface area contributed by atoms with E-state index < -0.39 is 5.97 Å². The van der Waals surface area contributed by atoms with Crippen LogP contribution in [-0.2, 0) is 11.3 Å². The van der Waals surface area contributed by atoms with Crippen LogP contribution >= 0.6 is 0 Å². The summed E-state index contributed by atoms with van der Waals surface area (Å²) in [5, 5.41) is 9.49. The van der Waals surface area contributed by atoms with E-state index in [1.54, 1.807) is 60.9 Å². The van der Waals surface area contributed by atoms with Crippen molar-refractivity contribution < 1.29 is 19.8 Å². The third kappa shape index (κ3) is 4.06. The maximum Gasteiger partial charge on any atom is 0.340 e. The number of imidazole rings is 1. The predicted octanol–water partition coefficient (Wildman–Crippen LogP) is 5.20. The molecule has 6 nitrogen and oxygen atoms in total. The Morgan fingerprint density at radius 2 is 1.88 bits per heavy atom. The molecule has 0 saturated heterocycles. The van der Waals surface area contributed by atoms with Crippen LogP contribution in [0.5, 0.6) is 6.01 Å². The van der Waals surface area contributed by atoms with Crippen molar-refractivity contribution in [3.63, 3.8) is 0 Å². The number of ether oxygens (including phenoxy) is 2. The summed E-state index contributed by atoms with van der Waals surface area (Å²) >= 11 is 0. The highest BCUT2D eigenvalue weighted by Gasteiger charge is 2.20. The van der Waals surface area contributed by atoms with Crippen LogP contribution in [0.25, 0.3) is 22.2 Å². The number of benzene rings is 3. The van der Waals surface area contributed by atoms with Gasteiger partial charge in [-0.05, 0) is 48.7 Å². The summed E-state index contributed by atoms with van der Waals surface area (Å²) in [6, 6.07) is 12.7. The largest absolute Gasteiger partial charge is 0.465 e. The van der Waals surface area contributed by atoms with E-state index in [2.05, 4.69) is 4.98 Å². The van der Waals surface area contributed by atoms with Crippen molar-refractivity contribution in [1.82, 2.24) is 9.55 Å². The average Bonchev–Trinajstić information content (AvgIpc) is 3.23. The van der Waals surface area contributed by atoms with Gasteiger partial charge < -0.3 is 9.47 Å². The lowest BCUT2D eigenvalue weighted by Gasteiger charge is -2.12. The summed E-state index contributed by atoms with van der Waals surface area (Å²) in [5.41, 5.74) is 1.87. The van der Waals surface area contributed by atoms with Crippen LogP contribution in [0.3, 0.4) is 0 Å². The van der Waals surface area contributed by atoms with E-state index in [9.17, 15) is 10.1 Å². The summed E-state index contributed by atoms with van der Waals surface area (Å²) in [5.74, 6) is -0.546. The fraction of sp³-hybridized carbons (Fsp3) is 0.192. The zero-order valence-electron chi connectivity index (χ0n) is 21.7. The topological polar surface area (TPSA) is 77.1 Å². The second-order valence-electron chi connectivity index (χ2n) is 6.82. The smallest absolute Gasteiger partial charge is 0.340 e. The Labute approximate surface area is 192 Å². The van der Waals surface area contributed by atoms with E-state index in [0.29, 0.717) is 16.6 Å². The van der Waals surface area contributed by atoms with Crippen molar-refractivity contribution in [3.8, 4) is 23.2 Å². The molecule has 1 aromatic heterocycles. The number of hydrogen-bond donors (Lipinski definition) is 0. The molecule has 0 N–H and O–H groups in total. The SMILES string of the molecule is [2H]c1c([2H])c(-c2ccccc2C#N)c([2H])c([2H])c1Cn1c(OCC)nc2cccc(C(=O)OCC)c21. The molecule has 0 atom stereocenters.